The van der Waals surface area contributed by atoms with E-state index in [1.54, 1.807) is 12.1 Å². The number of rotatable bonds is 6. The third-order valence-electron chi connectivity index (χ3n) is 2.64. The molecule has 2 atom stereocenters. The van der Waals surface area contributed by atoms with Gasteiger partial charge in [-0.15, -0.1) is 0 Å². The Labute approximate surface area is 106 Å². The van der Waals surface area contributed by atoms with Crippen LogP contribution in [0.3, 0.4) is 0 Å². The first-order valence-corrected chi connectivity index (χ1v) is 5.98. The maximum atomic E-state index is 13.8. The van der Waals surface area contributed by atoms with Gasteiger partial charge in [-0.25, -0.2) is 4.39 Å². The van der Waals surface area contributed by atoms with Crippen LogP contribution in [-0.2, 0) is 0 Å². The Bertz CT molecular complexity index is 362. The molecular weight excluding hydrogens is 243 g/mol. The molecule has 4 N–H and O–H groups in total. The van der Waals surface area contributed by atoms with Crippen molar-refractivity contribution >= 4 is 11.6 Å². The largest absolute Gasteiger partial charge is 0.396 e. The summed E-state index contributed by atoms with van der Waals surface area (Å²) in [5.74, 6) is -0.437. The van der Waals surface area contributed by atoms with E-state index in [9.17, 15) is 4.39 Å². The first-order chi connectivity index (χ1) is 8.10. The highest BCUT2D eigenvalue weighted by Gasteiger charge is 2.17. The maximum absolute atomic E-state index is 13.8. The number of benzene rings is 1. The smallest absolute Gasteiger partial charge is 0.146 e. The van der Waals surface area contributed by atoms with E-state index in [1.807, 2.05) is 6.92 Å². The normalized spacial score (nSPS) is 14.6. The fourth-order valence-electron chi connectivity index (χ4n) is 1.69. The molecule has 1 aromatic rings. The molecule has 1 rings (SSSR count). The Balaban J connectivity index is 2.82. The van der Waals surface area contributed by atoms with Gasteiger partial charge in [0.15, 0.2) is 0 Å². The number of nitrogens with one attached hydrogen (secondary N) is 1. The van der Waals surface area contributed by atoms with Gasteiger partial charge in [-0.1, -0.05) is 23.7 Å². The lowest BCUT2D eigenvalue weighted by Crippen LogP contribution is -2.36. The van der Waals surface area contributed by atoms with Crippen LogP contribution in [0.1, 0.15) is 24.9 Å². The highest BCUT2D eigenvalue weighted by Crippen LogP contribution is 2.23. The molecule has 17 heavy (non-hydrogen) atoms. The van der Waals surface area contributed by atoms with E-state index in [1.165, 1.54) is 6.07 Å². The van der Waals surface area contributed by atoms with E-state index in [0.29, 0.717) is 12.0 Å². The van der Waals surface area contributed by atoms with Crippen LogP contribution in [0.5, 0.6) is 0 Å². The predicted molar refractivity (Wildman–Crippen MR) is 67.5 cm³/mol. The summed E-state index contributed by atoms with van der Waals surface area (Å²) in [5, 5.41) is 12.1. The minimum Gasteiger partial charge on any atom is -0.396 e. The lowest BCUT2D eigenvalue weighted by Gasteiger charge is -2.22. The third kappa shape index (κ3) is 3.92. The van der Waals surface area contributed by atoms with Crippen molar-refractivity contribution in [3.63, 3.8) is 0 Å². The number of aliphatic hydroxyl groups is 1. The highest BCUT2D eigenvalue weighted by molar-refractivity contribution is 6.30. The molecule has 0 heterocycles. The van der Waals surface area contributed by atoms with Crippen LogP contribution in [0.25, 0.3) is 0 Å². The lowest BCUT2D eigenvalue weighted by molar-refractivity contribution is 0.263. The van der Waals surface area contributed by atoms with Crippen molar-refractivity contribution in [3.8, 4) is 0 Å². The van der Waals surface area contributed by atoms with Crippen molar-refractivity contribution in [2.45, 2.75) is 25.4 Å². The average Bonchev–Trinajstić information content (AvgIpc) is 2.30. The number of hydrogen-bond acceptors (Lipinski definition) is 3. The summed E-state index contributed by atoms with van der Waals surface area (Å²) in [4.78, 5) is 0. The molecule has 3 nitrogen and oxygen atoms in total. The Morgan fingerprint density at radius 3 is 2.82 bits per heavy atom. The molecule has 0 aromatic heterocycles. The summed E-state index contributed by atoms with van der Waals surface area (Å²) in [5.41, 5.74) is 6.10. The minimum atomic E-state index is -0.437. The van der Waals surface area contributed by atoms with E-state index in [-0.39, 0.29) is 30.3 Å². The van der Waals surface area contributed by atoms with E-state index in [4.69, 9.17) is 22.4 Å². The summed E-state index contributed by atoms with van der Waals surface area (Å²) in [6, 6.07) is 4.63. The van der Waals surface area contributed by atoms with Gasteiger partial charge in [0, 0.05) is 30.8 Å². The summed E-state index contributed by atoms with van der Waals surface area (Å²) in [6.07, 6.45) is 0.596. The third-order valence-corrected chi connectivity index (χ3v) is 2.93. The van der Waals surface area contributed by atoms with Crippen LogP contribution in [0, 0.1) is 5.82 Å². The van der Waals surface area contributed by atoms with Gasteiger partial charge in [-0.3, -0.25) is 0 Å². The van der Waals surface area contributed by atoms with Crippen molar-refractivity contribution in [1.29, 1.82) is 0 Å². The molecule has 0 aliphatic rings. The Kier molecular flexibility index (Phi) is 5.85. The Hall–Kier alpha value is -0.680. The van der Waals surface area contributed by atoms with Crippen molar-refractivity contribution < 1.29 is 9.50 Å². The molecule has 5 heteroatoms. The number of halogens is 2. The first kappa shape index (κ1) is 14.4. The van der Waals surface area contributed by atoms with Crippen LogP contribution in [0.4, 0.5) is 4.39 Å². The Morgan fingerprint density at radius 2 is 2.24 bits per heavy atom. The second-order valence-electron chi connectivity index (χ2n) is 4.01. The van der Waals surface area contributed by atoms with Gasteiger partial charge in [0.2, 0.25) is 0 Å². The summed E-state index contributed by atoms with van der Waals surface area (Å²) in [6.45, 7) is 2.28. The fourth-order valence-corrected chi connectivity index (χ4v) is 1.88. The molecule has 0 fully saturated rings. The van der Waals surface area contributed by atoms with Crippen LogP contribution >= 0.6 is 11.6 Å². The first-order valence-electron chi connectivity index (χ1n) is 5.61. The molecule has 96 valence electrons. The van der Waals surface area contributed by atoms with E-state index in [0.717, 1.165) is 0 Å². The quantitative estimate of drug-likeness (QED) is 0.732. The van der Waals surface area contributed by atoms with Gasteiger partial charge in [-0.2, -0.15) is 0 Å². The molecule has 0 bridgehead atoms. The molecule has 0 aliphatic carbocycles. The van der Waals surface area contributed by atoms with Crippen LogP contribution in [0.15, 0.2) is 18.2 Å². The SMILES string of the molecule is CC(CCO)NC(CN)c1cccc(Cl)c1F. The molecule has 2 unspecified atom stereocenters. The summed E-state index contributed by atoms with van der Waals surface area (Å²) >= 11 is 5.73. The number of hydrogen-bond donors (Lipinski definition) is 3. The van der Waals surface area contributed by atoms with Gasteiger partial charge in [-0.05, 0) is 19.4 Å². The fraction of sp³-hybridized carbons (Fsp3) is 0.500. The van der Waals surface area contributed by atoms with Crippen molar-refractivity contribution in [2.24, 2.45) is 5.73 Å². The van der Waals surface area contributed by atoms with Crippen LogP contribution < -0.4 is 11.1 Å². The van der Waals surface area contributed by atoms with E-state index in [2.05, 4.69) is 5.32 Å². The number of nitrogens with two attached hydrogens (primary N) is 1. The van der Waals surface area contributed by atoms with Gasteiger partial charge in [0.05, 0.1) is 5.02 Å². The van der Waals surface area contributed by atoms with Gasteiger partial charge >= 0.3 is 0 Å². The average molecular weight is 261 g/mol. The minimum absolute atomic E-state index is 0.0620. The zero-order valence-corrected chi connectivity index (χ0v) is 10.5. The maximum Gasteiger partial charge on any atom is 0.146 e. The van der Waals surface area contributed by atoms with Crippen molar-refractivity contribution in [1.82, 2.24) is 5.32 Å². The van der Waals surface area contributed by atoms with Crippen molar-refractivity contribution in [3.05, 3.63) is 34.6 Å². The molecule has 0 saturated carbocycles. The van der Waals surface area contributed by atoms with Gasteiger partial charge < -0.3 is 16.2 Å². The molecular formula is C12H18ClFN2O. The highest BCUT2D eigenvalue weighted by atomic mass is 35.5. The monoisotopic (exact) mass is 260 g/mol. The molecule has 0 spiro atoms. The molecule has 1 aromatic carbocycles. The van der Waals surface area contributed by atoms with E-state index < -0.39 is 5.82 Å². The predicted octanol–water partition coefficient (Wildman–Crippen LogP) is 1.84. The van der Waals surface area contributed by atoms with Crippen LogP contribution in [0.2, 0.25) is 5.02 Å². The zero-order valence-electron chi connectivity index (χ0n) is 9.79. The Morgan fingerprint density at radius 1 is 1.53 bits per heavy atom. The second kappa shape index (κ2) is 6.91. The number of aliphatic hydroxyl groups excluding tert-OH is 1. The van der Waals surface area contributed by atoms with Gasteiger partial charge in [0.1, 0.15) is 5.82 Å². The van der Waals surface area contributed by atoms with Crippen molar-refractivity contribution in [2.75, 3.05) is 13.2 Å². The second-order valence-corrected chi connectivity index (χ2v) is 4.42. The standard InChI is InChI=1S/C12H18ClFN2O/c1-8(5-6-17)16-11(7-15)9-3-2-4-10(13)12(9)14/h2-4,8,11,16-17H,5-7,15H2,1H3. The van der Waals surface area contributed by atoms with Crippen LogP contribution in [-0.4, -0.2) is 24.3 Å². The summed E-state index contributed by atoms with van der Waals surface area (Å²) < 4.78 is 13.8. The topological polar surface area (TPSA) is 58.3 Å². The lowest BCUT2D eigenvalue weighted by atomic mass is 10.0. The zero-order chi connectivity index (χ0) is 12.8. The molecule has 0 amide bonds. The molecule has 0 saturated heterocycles. The summed E-state index contributed by atoms with van der Waals surface area (Å²) in [7, 11) is 0. The molecule has 0 aliphatic heterocycles. The van der Waals surface area contributed by atoms with Gasteiger partial charge in [0.25, 0.3) is 0 Å². The molecule has 0 radical (unpaired) electrons. The van der Waals surface area contributed by atoms with E-state index >= 15 is 0 Å².